The number of carbonyl (C=O) groups excluding carboxylic acids is 3. The number of likely N-dealkylation sites (N-methyl/N-ethyl adjacent to an activating group) is 1. The van der Waals surface area contributed by atoms with Gasteiger partial charge in [-0.2, -0.15) is 0 Å². The van der Waals surface area contributed by atoms with Gasteiger partial charge in [0.25, 0.3) is 5.91 Å². The number of ether oxygens (including phenoxy) is 1. The molecule has 8 nitrogen and oxygen atoms in total. The summed E-state index contributed by atoms with van der Waals surface area (Å²) in [4.78, 5) is 44.4. The minimum absolute atomic E-state index is 0.147. The summed E-state index contributed by atoms with van der Waals surface area (Å²) in [6.07, 6.45) is 0. The van der Waals surface area contributed by atoms with Crippen molar-refractivity contribution in [3.8, 4) is 0 Å². The fourth-order valence-corrected chi connectivity index (χ4v) is 4.88. The van der Waals surface area contributed by atoms with Crippen LogP contribution in [-0.4, -0.2) is 78.5 Å². The van der Waals surface area contributed by atoms with Crippen molar-refractivity contribution in [3.63, 3.8) is 0 Å². The van der Waals surface area contributed by atoms with E-state index in [9.17, 15) is 18.8 Å². The van der Waals surface area contributed by atoms with Crippen molar-refractivity contribution in [2.24, 2.45) is 0 Å². The molecule has 37 heavy (non-hydrogen) atoms. The van der Waals surface area contributed by atoms with E-state index in [0.29, 0.717) is 43.0 Å². The minimum Gasteiger partial charge on any atom is -0.463 e. The summed E-state index contributed by atoms with van der Waals surface area (Å²) in [6.45, 7) is 7.73. The average Bonchev–Trinajstić information content (AvgIpc) is 2.87. The van der Waals surface area contributed by atoms with Gasteiger partial charge in [-0.05, 0) is 44.5 Å². The number of amides is 3. The minimum atomic E-state index is -0.633. The first kappa shape index (κ1) is 26.3. The third-order valence-electron chi connectivity index (χ3n) is 6.90. The second-order valence-corrected chi connectivity index (χ2v) is 9.53. The Hall–Kier alpha value is -3.72. The first-order chi connectivity index (χ1) is 17.7. The van der Waals surface area contributed by atoms with Gasteiger partial charge in [-0.1, -0.05) is 35.9 Å². The third-order valence-corrected chi connectivity index (χ3v) is 6.90. The number of esters is 1. The molecule has 2 aliphatic heterocycles. The second kappa shape index (κ2) is 11.1. The molecule has 0 spiro atoms. The predicted octanol–water partition coefficient (Wildman–Crippen LogP) is 3.49. The van der Waals surface area contributed by atoms with E-state index in [4.69, 9.17) is 4.74 Å². The van der Waals surface area contributed by atoms with Crippen LogP contribution in [-0.2, 0) is 9.53 Å². The molecule has 3 amide bonds. The summed E-state index contributed by atoms with van der Waals surface area (Å²) in [5.74, 6) is -1.13. The number of hydrogen-bond acceptors (Lipinski definition) is 5. The molecule has 1 saturated heterocycles. The predicted molar refractivity (Wildman–Crippen MR) is 137 cm³/mol. The highest BCUT2D eigenvalue weighted by molar-refractivity contribution is 5.95. The van der Waals surface area contributed by atoms with Crippen molar-refractivity contribution in [3.05, 3.63) is 82.3 Å². The van der Waals surface area contributed by atoms with Crippen LogP contribution in [0.3, 0.4) is 0 Å². The van der Waals surface area contributed by atoms with Crippen LogP contribution < -0.4 is 5.32 Å². The lowest BCUT2D eigenvalue weighted by Crippen LogP contribution is -2.56. The molecule has 0 bridgehead atoms. The Morgan fingerprint density at radius 3 is 2.51 bits per heavy atom. The molecule has 2 atom stereocenters. The van der Waals surface area contributed by atoms with Crippen molar-refractivity contribution < 1.29 is 23.5 Å². The van der Waals surface area contributed by atoms with Crippen molar-refractivity contribution in [1.29, 1.82) is 0 Å². The standard InChI is InChI=1S/C28H33FN4O4/c1-5-37-27(35)24-23(31(4)28(36)30-25(24)20-11-9-18(2)10-12-20)17-32-13-14-33(19(3)16-32)26(34)21-7-6-8-22(29)15-21/h6-12,15,19,25H,5,13-14,16-17H2,1-4H3,(H,30,36). The molecular formula is C28H33FN4O4. The van der Waals surface area contributed by atoms with Gasteiger partial charge < -0.3 is 15.0 Å². The highest BCUT2D eigenvalue weighted by Crippen LogP contribution is 2.32. The smallest absolute Gasteiger partial charge is 0.338 e. The lowest BCUT2D eigenvalue weighted by molar-refractivity contribution is -0.139. The van der Waals surface area contributed by atoms with Crippen molar-refractivity contribution in [2.45, 2.75) is 32.9 Å². The van der Waals surface area contributed by atoms with Crippen LogP contribution in [0.25, 0.3) is 0 Å². The molecule has 1 N–H and O–H groups in total. The topological polar surface area (TPSA) is 82.2 Å². The van der Waals surface area contributed by atoms with Crippen LogP contribution in [0.5, 0.6) is 0 Å². The Kier molecular flexibility index (Phi) is 7.92. The maximum absolute atomic E-state index is 13.7. The summed E-state index contributed by atoms with van der Waals surface area (Å²) in [7, 11) is 1.64. The number of nitrogens with one attached hydrogen (secondary N) is 1. The van der Waals surface area contributed by atoms with Gasteiger partial charge in [-0.25, -0.2) is 14.0 Å². The zero-order valence-electron chi connectivity index (χ0n) is 21.7. The van der Waals surface area contributed by atoms with E-state index >= 15 is 0 Å². The molecule has 9 heteroatoms. The number of rotatable bonds is 6. The molecule has 1 fully saturated rings. The van der Waals surface area contributed by atoms with Crippen LogP contribution in [0.1, 0.15) is 41.4 Å². The summed E-state index contributed by atoms with van der Waals surface area (Å²) in [5, 5.41) is 2.94. The van der Waals surface area contributed by atoms with Gasteiger partial charge in [0, 0.05) is 50.5 Å². The van der Waals surface area contributed by atoms with Gasteiger partial charge in [0.05, 0.1) is 18.2 Å². The Balaban J connectivity index is 1.59. The van der Waals surface area contributed by atoms with E-state index in [1.165, 1.54) is 23.1 Å². The van der Waals surface area contributed by atoms with E-state index < -0.39 is 17.8 Å². The molecule has 2 aromatic rings. The number of urea groups is 1. The molecule has 2 aliphatic rings. The number of piperazine rings is 1. The number of benzene rings is 2. The quantitative estimate of drug-likeness (QED) is 0.604. The number of nitrogens with zero attached hydrogens (tertiary/aromatic N) is 3. The number of hydrogen-bond donors (Lipinski definition) is 1. The Morgan fingerprint density at radius 2 is 1.86 bits per heavy atom. The highest BCUT2D eigenvalue weighted by Gasteiger charge is 2.38. The molecule has 0 saturated carbocycles. The molecule has 2 aromatic carbocycles. The van der Waals surface area contributed by atoms with E-state index in [2.05, 4.69) is 10.2 Å². The van der Waals surface area contributed by atoms with E-state index in [0.717, 1.165) is 11.1 Å². The van der Waals surface area contributed by atoms with Crippen LogP contribution in [0.2, 0.25) is 0 Å². The SMILES string of the molecule is CCOC(=O)C1=C(CN2CCN(C(=O)c3cccc(F)c3)C(C)C2)N(C)C(=O)NC1c1ccc(C)cc1. The molecule has 0 radical (unpaired) electrons. The summed E-state index contributed by atoms with van der Waals surface area (Å²) in [6, 6.07) is 12.3. The highest BCUT2D eigenvalue weighted by atomic mass is 19.1. The largest absolute Gasteiger partial charge is 0.463 e. The van der Waals surface area contributed by atoms with Gasteiger partial charge in [-0.15, -0.1) is 0 Å². The number of aryl methyl sites for hydroxylation is 1. The number of carbonyl (C=O) groups is 3. The van der Waals surface area contributed by atoms with Crippen molar-refractivity contribution in [2.75, 3.05) is 39.8 Å². The third kappa shape index (κ3) is 5.67. The summed E-state index contributed by atoms with van der Waals surface area (Å²) >= 11 is 0. The molecule has 2 heterocycles. The van der Waals surface area contributed by atoms with Crippen LogP contribution in [0, 0.1) is 12.7 Å². The normalized spacial score (nSPS) is 20.6. The Bertz CT molecular complexity index is 1210. The van der Waals surface area contributed by atoms with Gasteiger partial charge >= 0.3 is 12.0 Å². The first-order valence-electron chi connectivity index (χ1n) is 12.5. The zero-order valence-corrected chi connectivity index (χ0v) is 21.7. The molecule has 0 aliphatic carbocycles. The lowest BCUT2D eigenvalue weighted by atomic mass is 9.93. The monoisotopic (exact) mass is 508 g/mol. The molecule has 2 unspecified atom stereocenters. The second-order valence-electron chi connectivity index (χ2n) is 9.53. The van der Waals surface area contributed by atoms with Gasteiger partial charge in [0.1, 0.15) is 5.82 Å². The molecule has 4 rings (SSSR count). The van der Waals surface area contributed by atoms with E-state index in [-0.39, 0.29) is 24.6 Å². The molecular weight excluding hydrogens is 475 g/mol. The van der Waals surface area contributed by atoms with Gasteiger partial charge in [0.15, 0.2) is 0 Å². The van der Waals surface area contributed by atoms with Crippen molar-refractivity contribution >= 4 is 17.9 Å². The zero-order chi connectivity index (χ0) is 26.7. The van der Waals surface area contributed by atoms with Gasteiger partial charge in [-0.3, -0.25) is 14.6 Å². The summed E-state index contributed by atoms with van der Waals surface area (Å²) in [5.41, 5.74) is 3.16. The van der Waals surface area contributed by atoms with E-state index in [1.807, 2.05) is 38.1 Å². The molecule has 0 aromatic heterocycles. The van der Waals surface area contributed by atoms with Crippen molar-refractivity contribution in [1.82, 2.24) is 20.0 Å². The fourth-order valence-electron chi connectivity index (χ4n) is 4.88. The van der Waals surface area contributed by atoms with Crippen LogP contribution >= 0.6 is 0 Å². The van der Waals surface area contributed by atoms with Crippen LogP contribution in [0.15, 0.2) is 59.8 Å². The summed E-state index contributed by atoms with van der Waals surface area (Å²) < 4.78 is 19.1. The lowest BCUT2D eigenvalue weighted by Gasteiger charge is -2.42. The maximum atomic E-state index is 13.7. The Labute approximate surface area is 216 Å². The number of halogens is 1. The van der Waals surface area contributed by atoms with E-state index in [1.54, 1.807) is 24.9 Å². The average molecular weight is 509 g/mol. The van der Waals surface area contributed by atoms with Gasteiger partial charge in [0.2, 0.25) is 0 Å². The fraction of sp³-hybridized carbons (Fsp3) is 0.393. The van der Waals surface area contributed by atoms with Crippen LogP contribution in [0.4, 0.5) is 9.18 Å². The first-order valence-corrected chi connectivity index (χ1v) is 12.5. The Morgan fingerprint density at radius 1 is 1.14 bits per heavy atom. The maximum Gasteiger partial charge on any atom is 0.338 e. The molecule has 196 valence electrons.